The van der Waals surface area contributed by atoms with Gasteiger partial charge in [-0.2, -0.15) is 5.10 Å². The minimum absolute atomic E-state index is 0.706. The van der Waals surface area contributed by atoms with Crippen molar-refractivity contribution in [2.24, 2.45) is 5.10 Å². The van der Waals surface area contributed by atoms with Crippen LogP contribution in [0.25, 0.3) is 0 Å². The summed E-state index contributed by atoms with van der Waals surface area (Å²) in [7, 11) is 0. The summed E-state index contributed by atoms with van der Waals surface area (Å²) in [4.78, 5) is 4.11. The fourth-order valence-electron chi connectivity index (χ4n) is 2.38. The van der Waals surface area contributed by atoms with E-state index in [0.29, 0.717) is 5.02 Å². The van der Waals surface area contributed by atoms with E-state index in [9.17, 15) is 0 Å². The number of nitrogens with zero attached hydrogens (tertiary/aromatic N) is 4. The van der Waals surface area contributed by atoms with Gasteiger partial charge in [0.25, 0.3) is 0 Å². The third-order valence-corrected chi connectivity index (χ3v) is 3.76. The summed E-state index contributed by atoms with van der Waals surface area (Å²) in [5.74, 6) is 0.829. The van der Waals surface area contributed by atoms with Crippen LogP contribution >= 0.6 is 11.6 Å². The number of rotatable bonds is 2. The molecule has 0 spiro atoms. The molecule has 4 nitrogen and oxygen atoms in total. The molecule has 0 aliphatic carbocycles. The number of hydrazone groups is 1. The Morgan fingerprint density at radius 2 is 1.95 bits per heavy atom. The van der Waals surface area contributed by atoms with E-state index in [4.69, 9.17) is 16.7 Å². The number of benzene rings is 1. The van der Waals surface area contributed by atoms with E-state index in [1.807, 2.05) is 35.0 Å². The molecule has 3 rings (SSSR count). The van der Waals surface area contributed by atoms with Crippen LogP contribution in [0.3, 0.4) is 0 Å². The number of halogens is 1. The van der Waals surface area contributed by atoms with Crippen molar-refractivity contribution in [1.82, 2.24) is 14.6 Å². The van der Waals surface area contributed by atoms with E-state index < -0.39 is 0 Å². The molecule has 104 valence electrons. The number of piperidine rings is 1. The first-order valence-corrected chi connectivity index (χ1v) is 7.29. The van der Waals surface area contributed by atoms with Crippen LogP contribution in [0.5, 0.6) is 0 Å². The lowest BCUT2D eigenvalue weighted by molar-refractivity contribution is 0.238. The van der Waals surface area contributed by atoms with E-state index in [2.05, 4.69) is 9.99 Å². The topological polar surface area (TPSA) is 33.4 Å². The Morgan fingerprint density at radius 1 is 1.15 bits per heavy atom. The zero-order chi connectivity index (χ0) is 13.8. The average Bonchev–Trinajstić information content (AvgIpc) is 3.01. The number of hydrogen-bond donors (Lipinski definition) is 0. The number of aromatic nitrogens is 2. The maximum atomic E-state index is 6.32. The molecule has 1 aliphatic heterocycles. The van der Waals surface area contributed by atoms with Crippen LogP contribution in [0.4, 0.5) is 0 Å². The molecular weight excluding hydrogens is 272 g/mol. The average molecular weight is 289 g/mol. The highest BCUT2D eigenvalue weighted by Gasteiger charge is 2.14. The Kier molecular flexibility index (Phi) is 4.02. The molecular formula is C15H17ClN4. The molecule has 0 N–H and O–H groups in total. The highest BCUT2D eigenvalue weighted by atomic mass is 35.5. The molecule has 2 heterocycles. The molecule has 2 aromatic rings. The van der Waals surface area contributed by atoms with Crippen LogP contribution in [-0.4, -0.2) is 33.5 Å². The number of hydrogen-bond acceptors (Lipinski definition) is 3. The second-order valence-corrected chi connectivity index (χ2v) is 5.29. The number of imidazole rings is 1. The van der Waals surface area contributed by atoms with Crippen molar-refractivity contribution in [2.75, 3.05) is 13.1 Å². The van der Waals surface area contributed by atoms with Crippen molar-refractivity contribution >= 4 is 17.4 Å². The van der Waals surface area contributed by atoms with Gasteiger partial charge in [-0.1, -0.05) is 23.7 Å². The first-order valence-electron chi connectivity index (χ1n) is 6.91. The van der Waals surface area contributed by atoms with Crippen LogP contribution in [0.1, 0.15) is 24.8 Å². The molecule has 1 aromatic carbocycles. The fourth-order valence-corrected chi connectivity index (χ4v) is 2.60. The third-order valence-electron chi connectivity index (χ3n) is 3.43. The lowest BCUT2D eigenvalue weighted by atomic mass is 10.2. The van der Waals surface area contributed by atoms with Crippen LogP contribution in [-0.2, 0) is 0 Å². The fraction of sp³-hybridized carbons (Fsp3) is 0.333. The molecule has 0 bridgehead atoms. The normalized spacial score (nSPS) is 16.4. The minimum Gasteiger partial charge on any atom is -0.295 e. The summed E-state index contributed by atoms with van der Waals surface area (Å²) >= 11 is 6.32. The van der Waals surface area contributed by atoms with E-state index in [1.165, 1.54) is 19.3 Å². The highest BCUT2D eigenvalue weighted by molar-refractivity contribution is 6.34. The largest absolute Gasteiger partial charge is 0.295 e. The van der Waals surface area contributed by atoms with Crippen molar-refractivity contribution in [1.29, 1.82) is 0 Å². The van der Waals surface area contributed by atoms with Crippen LogP contribution < -0.4 is 0 Å². The quantitative estimate of drug-likeness (QED) is 0.628. The van der Waals surface area contributed by atoms with Gasteiger partial charge >= 0.3 is 0 Å². The van der Waals surface area contributed by atoms with E-state index in [1.54, 1.807) is 12.5 Å². The van der Waals surface area contributed by atoms with Crippen LogP contribution in [0.2, 0.25) is 5.02 Å². The van der Waals surface area contributed by atoms with Crippen molar-refractivity contribution in [2.45, 2.75) is 19.3 Å². The predicted molar refractivity (Wildman–Crippen MR) is 81.0 cm³/mol. The molecule has 1 fully saturated rings. The zero-order valence-electron chi connectivity index (χ0n) is 11.2. The van der Waals surface area contributed by atoms with Crippen molar-refractivity contribution in [3.05, 3.63) is 53.6 Å². The molecule has 5 heteroatoms. The Hall–Kier alpha value is -1.81. The minimum atomic E-state index is 0.706. The van der Waals surface area contributed by atoms with Crippen LogP contribution in [0, 0.1) is 0 Å². The SMILES string of the molecule is Clc1ccccc1C(=NN1CCCCC1)n1ccnc1. The van der Waals surface area contributed by atoms with Crippen molar-refractivity contribution in [3.8, 4) is 0 Å². The summed E-state index contributed by atoms with van der Waals surface area (Å²) in [6.07, 6.45) is 9.09. The molecule has 0 radical (unpaired) electrons. The molecule has 0 amide bonds. The molecule has 1 aliphatic rings. The van der Waals surface area contributed by atoms with E-state index >= 15 is 0 Å². The lowest BCUT2D eigenvalue weighted by Crippen LogP contribution is -2.28. The summed E-state index contributed by atoms with van der Waals surface area (Å²) in [6, 6.07) is 7.78. The molecule has 0 unspecified atom stereocenters. The maximum Gasteiger partial charge on any atom is 0.166 e. The molecule has 0 atom stereocenters. The summed E-state index contributed by atoms with van der Waals surface area (Å²) in [5, 5.41) is 7.63. The monoisotopic (exact) mass is 288 g/mol. The zero-order valence-corrected chi connectivity index (χ0v) is 12.0. The Morgan fingerprint density at radius 3 is 2.65 bits per heavy atom. The van der Waals surface area contributed by atoms with Crippen molar-refractivity contribution < 1.29 is 0 Å². The maximum absolute atomic E-state index is 6.32. The molecule has 1 saturated heterocycles. The van der Waals surface area contributed by atoms with Crippen LogP contribution in [0.15, 0.2) is 48.1 Å². The van der Waals surface area contributed by atoms with Gasteiger partial charge in [-0.15, -0.1) is 0 Å². The molecule has 20 heavy (non-hydrogen) atoms. The van der Waals surface area contributed by atoms with Gasteiger partial charge in [-0.05, 0) is 31.4 Å². The predicted octanol–water partition coefficient (Wildman–Crippen LogP) is 3.23. The standard InChI is InChI=1S/C15H17ClN4/c16-14-7-3-2-6-13(14)15(19-11-8-17-12-19)18-20-9-4-1-5-10-20/h2-3,6-8,11-12H,1,4-5,9-10H2. The Bertz CT molecular complexity index is 586. The van der Waals surface area contributed by atoms with Crippen molar-refractivity contribution in [3.63, 3.8) is 0 Å². The summed E-state index contributed by atoms with van der Waals surface area (Å²) in [6.45, 7) is 2.01. The van der Waals surface area contributed by atoms with Gasteiger partial charge in [0.1, 0.15) is 6.33 Å². The van der Waals surface area contributed by atoms with E-state index in [-0.39, 0.29) is 0 Å². The molecule has 0 saturated carbocycles. The van der Waals surface area contributed by atoms with Gasteiger partial charge in [0, 0.05) is 31.0 Å². The van der Waals surface area contributed by atoms with Gasteiger partial charge in [0.15, 0.2) is 5.84 Å². The van der Waals surface area contributed by atoms with Gasteiger partial charge in [-0.25, -0.2) is 4.98 Å². The Labute approximate surface area is 123 Å². The van der Waals surface area contributed by atoms with E-state index in [0.717, 1.165) is 24.5 Å². The second-order valence-electron chi connectivity index (χ2n) is 4.89. The second kappa shape index (κ2) is 6.09. The van der Waals surface area contributed by atoms with Gasteiger partial charge < -0.3 is 0 Å². The van der Waals surface area contributed by atoms with Gasteiger partial charge in [0.05, 0.1) is 5.02 Å². The van der Waals surface area contributed by atoms with Gasteiger partial charge in [0.2, 0.25) is 0 Å². The first-order chi connectivity index (χ1) is 9.84. The smallest absolute Gasteiger partial charge is 0.166 e. The highest BCUT2D eigenvalue weighted by Crippen LogP contribution is 2.18. The summed E-state index contributed by atoms with van der Waals surface area (Å²) in [5.41, 5.74) is 0.928. The lowest BCUT2D eigenvalue weighted by Gasteiger charge is -2.25. The molecule has 1 aromatic heterocycles. The van der Waals surface area contributed by atoms with Gasteiger partial charge in [-0.3, -0.25) is 9.58 Å². The summed E-state index contributed by atoms with van der Waals surface area (Å²) < 4.78 is 1.91. The Balaban J connectivity index is 2.00. The first kappa shape index (κ1) is 13.2. The third kappa shape index (κ3) is 2.85.